The quantitative estimate of drug-likeness (QED) is 0.306. The van der Waals surface area contributed by atoms with E-state index in [9.17, 15) is 4.79 Å². The number of hydrogen-bond acceptors (Lipinski definition) is 3. The van der Waals surface area contributed by atoms with Crippen molar-refractivity contribution >= 4 is 5.91 Å². The second-order valence-electron chi connectivity index (χ2n) is 10.5. The van der Waals surface area contributed by atoms with E-state index in [1.165, 1.54) is 38.9 Å². The summed E-state index contributed by atoms with van der Waals surface area (Å²) in [4.78, 5) is 15.6. The van der Waals surface area contributed by atoms with Gasteiger partial charge in [0, 0.05) is 32.1 Å². The first-order chi connectivity index (χ1) is 18.7. The van der Waals surface area contributed by atoms with Crippen molar-refractivity contribution < 1.29 is 9.53 Å². The normalized spacial score (nSPS) is 18.4. The molecule has 1 saturated carbocycles. The lowest BCUT2D eigenvalue weighted by atomic mass is 9.87. The Morgan fingerprint density at radius 3 is 2.50 bits per heavy atom. The van der Waals surface area contributed by atoms with E-state index in [-0.39, 0.29) is 11.8 Å². The molecular weight excluding hydrogens is 468 g/mol. The first-order valence-electron chi connectivity index (χ1n) is 13.6. The molecule has 4 nitrogen and oxygen atoms in total. The van der Waals surface area contributed by atoms with Crippen LogP contribution in [-0.4, -0.2) is 24.5 Å². The summed E-state index contributed by atoms with van der Waals surface area (Å²) in [6.07, 6.45) is 1.92. The van der Waals surface area contributed by atoms with Crippen molar-refractivity contribution in [2.75, 3.05) is 13.7 Å². The number of hydrogen-bond donors (Lipinski definition) is 1. The molecule has 1 heterocycles. The Bertz CT molecular complexity index is 1420. The number of rotatable bonds is 8. The largest absolute Gasteiger partial charge is 0.497 e. The van der Waals surface area contributed by atoms with Gasteiger partial charge in [-0.2, -0.15) is 0 Å². The van der Waals surface area contributed by atoms with Crippen LogP contribution >= 0.6 is 0 Å². The molecule has 4 aromatic rings. The van der Waals surface area contributed by atoms with Gasteiger partial charge in [0.25, 0.3) is 0 Å². The molecule has 4 heteroatoms. The number of nitrogens with zero attached hydrogens (tertiary/aromatic N) is 1. The minimum Gasteiger partial charge on any atom is -0.497 e. The van der Waals surface area contributed by atoms with Crippen LogP contribution in [0.25, 0.3) is 11.1 Å². The fourth-order valence-corrected chi connectivity index (χ4v) is 5.87. The zero-order valence-electron chi connectivity index (χ0n) is 21.9. The van der Waals surface area contributed by atoms with E-state index in [1.54, 1.807) is 7.11 Å². The summed E-state index contributed by atoms with van der Waals surface area (Å²) in [5.41, 5.74) is 9.00. The lowest BCUT2D eigenvalue weighted by molar-refractivity contribution is -0.122. The number of benzene rings is 4. The van der Waals surface area contributed by atoms with Crippen LogP contribution in [0.5, 0.6) is 5.75 Å². The molecule has 1 fully saturated rings. The van der Waals surface area contributed by atoms with Crippen LogP contribution in [0.2, 0.25) is 0 Å². The van der Waals surface area contributed by atoms with Gasteiger partial charge in [0.15, 0.2) is 0 Å². The zero-order valence-corrected chi connectivity index (χ0v) is 21.9. The van der Waals surface area contributed by atoms with E-state index in [2.05, 4.69) is 95.1 Å². The molecule has 0 radical (unpaired) electrons. The highest BCUT2D eigenvalue weighted by Crippen LogP contribution is 2.47. The van der Waals surface area contributed by atoms with E-state index in [1.807, 2.05) is 12.1 Å². The van der Waals surface area contributed by atoms with Gasteiger partial charge in [0.05, 0.1) is 7.11 Å². The molecule has 2 aliphatic rings. The first-order valence-corrected chi connectivity index (χ1v) is 13.6. The second-order valence-corrected chi connectivity index (χ2v) is 10.5. The van der Waals surface area contributed by atoms with Gasteiger partial charge in [0.2, 0.25) is 5.91 Å². The van der Waals surface area contributed by atoms with Crippen LogP contribution in [0.15, 0.2) is 97.1 Å². The molecule has 6 rings (SSSR count). The lowest BCUT2D eigenvalue weighted by Crippen LogP contribution is -2.32. The fraction of sp³-hybridized carbons (Fsp3) is 0.265. The first kappa shape index (κ1) is 24.4. The van der Waals surface area contributed by atoms with Gasteiger partial charge in [-0.3, -0.25) is 9.69 Å². The molecule has 38 heavy (non-hydrogen) atoms. The highest BCUT2D eigenvalue weighted by molar-refractivity contribution is 5.83. The van der Waals surface area contributed by atoms with Gasteiger partial charge in [-0.05, 0) is 69.8 Å². The molecular formula is C34H34N2O2. The average molecular weight is 503 g/mol. The summed E-state index contributed by atoms with van der Waals surface area (Å²) in [7, 11) is 1.71. The number of ether oxygens (including phenoxy) is 1. The Labute approximate surface area is 225 Å². The Balaban J connectivity index is 1.24. The van der Waals surface area contributed by atoms with Crippen LogP contribution in [0.1, 0.15) is 40.2 Å². The van der Waals surface area contributed by atoms with Crippen molar-refractivity contribution in [3.05, 3.63) is 125 Å². The van der Waals surface area contributed by atoms with Gasteiger partial charge in [-0.25, -0.2) is 0 Å². The van der Waals surface area contributed by atoms with Crippen LogP contribution in [0.4, 0.5) is 0 Å². The van der Waals surface area contributed by atoms with E-state index in [0.717, 1.165) is 38.2 Å². The summed E-state index contributed by atoms with van der Waals surface area (Å²) < 4.78 is 5.51. The van der Waals surface area contributed by atoms with E-state index in [4.69, 9.17) is 4.74 Å². The molecule has 1 N–H and O–H groups in total. The third-order valence-electron chi connectivity index (χ3n) is 8.03. The van der Waals surface area contributed by atoms with E-state index < -0.39 is 0 Å². The van der Waals surface area contributed by atoms with Gasteiger partial charge in [-0.15, -0.1) is 0 Å². The van der Waals surface area contributed by atoms with E-state index >= 15 is 0 Å². The van der Waals surface area contributed by atoms with Gasteiger partial charge in [0.1, 0.15) is 5.75 Å². The molecule has 1 aliphatic heterocycles. The van der Waals surface area contributed by atoms with Crippen molar-refractivity contribution in [1.29, 1.82) is 0 Å². The smallest absolute Gasteiger partial charge is 0.224 e. The van der Waals surface area contributed by atoms with Gasteiger partial charge in [-0.1, -0.05) is 84.9 Å². The van der Waals surface area contributed by atoms with Crippen LogP contribution in [0, 0.1) is 5.92 Å². The molecule has 192 valence electrons. The van der Waals surface area contributed by atoms with Crippen molar-refractivity contribution in [3.8, 4) is 16.9 Å². The standard InChI is InChI=1S/C34H34N2O2/c1-38-28-14-8-13-26(19-28)29-16-15-27(21-35-34(37)32-20-31(32)25-11-6-3-7-12-25)33-23-36(18-17-30(29)33)22-24-9-4-2-5-10-24/h2-16,19,31-32H,17-18,20-23H2,1H3,(H,35,37)/t31-,32+/m1/s1. The number of amides is 1. The molecule has 0 aromatic heterocycles. The van der Waals surface area contributed by atoms with Gasteiger partial charge < -0.3 is 10.1 Å². The summed E-state index contributed by atoms with van der Waals surface area (Å²) in [5.74, 6) is 1.47. The second kappa shape index (κ2) is 10.8. The Morgan fingerprint density at radius 2 is 1.71 bits per heavy atom. The molecule has 0 bridgehead atoms. The molecule has 0 spiro atoms. The Hall–Kier alpha value is -3.89. The maximum atomic E-state index is 13.1. The third kappa shape index (κ3) is 5.23. The third-order valence-corrected chi connectivity index (χ3v) is 8.03. The summed E-state index contributed by atoms with van der Waals surface area (Å²) in [6, 6.07) is 33.8. The predicted molar refractivity (Wildman–Crippen MR) is 152 cm³/mol. The number of carbonyl (C=O) groups excluding carboxylic acids is 1. The Kier molecular flexibility index (Phi) is 6.98. The SMILES string of the molecule is COc1cccc(-c2ccc(CNC(=O)[C@H]3C[C@@H]3c3ccccc3)c3c2CCN(Cc2ccccc2)C3)c1. The molecule has 1 aliphatic carbocycles. The van der Waals surface area contributed by atoms with Crippen molar-refractivity contribution in [3.63, 3.8) is 0 Å². The lowest BCUT2D eigenvalue weighted by Gasteiger charge is -2.32. The summed E-state index contributed by atoms with van der Waals surface area (Å²) in [6.45, 7) is 3.38. The topological polar surface area (TPSA) is 41.6 Å². The van der Waals surface area contributed by atoms with Crippen molar-refractivity contribution in [2.24, 2.45) is 5.92 Å². The minimum absolute atomic E-state index is 0.0823. The van der Waals surface area contributed by atoms with Crippen molar-refractivity contribution in [2.45, 2.75) is 38.4 Å². The molecule has 2 atom stereocenters. The Morgan fingerprint density at radius 1 is 0.921 bits per heavy atom. The average Bonchev–Trinajstić information content (AvgIpc) is 3.78. The van der Waals surface area contributed by atoms with Crippen LogP contribution in [-0.2, 0) is 30.8 Å². The van der Waals surface area contributed by atoms with E-state index in [0.29, 0.717) is 12.5 Å². The maximum absolute atomic E-state index is 13.1. The molecule has 0 unspecified atom stereocenters. The predicted octanol–water partition coefficient (Wildman–Crippen LogP) is 6.34. The molecule has 4 aromatic carbocycles. The van der Waals surface area contributed by atoms with Crippen LogP contribution < -0.4 is 10.1 Å². The molecule has 0 saturated heterocycles. The molecule has 1 amide bonds. The highest BCUT2D eigenvalue weighted by atomic mass is 16.5. The van der Waals surface area contributed by atoms with Gasteiger partial charge >= 0.3 is 0 Å². The minimum atomic E-state index is 0.0823. The summed E-state index contributed by atoms with van der Waals surface area (Å²) >= 11 is 0. The zero-order chi connectivity index (χ0) is 25.9. The monoisotopic (exact) mass is 502 g/mol. The number of carbonyl (C=O) groups is 1. The fourth-order valence-electron chi connectivity index (χ4n) is 5.87. The van der Waals surface area contributed by atoms with Crippen LogP contribution in [0.3, 0.4) is 0 Å². The van der Waals surface area contributed by atoms with Crippen molar-refractivity contribution in [1.82, 2.24) is 10.2 Å². The number of nitrogens with one attached hydrogen (secondary N) is 1. The summed E-state index contributed by atoms with van der Waals surface area (Å²) in [5, 5.41) is 3.28. The number of methoxy groups -OCH3 is 1. The number of fused-ring (bicyclic) bond motifs is 1. The highest BCUT2D eigenvalue weighted by Gasteiger charge is 2.43. The maximum Gasteiger partial charge on any atom is 0.224 e.